The number of nitro benzene ring substituents is 1. The summed E-state index contributed by atoms with van der Waals surface area (Å²) < 4.78 is 5.48. The molecule has 0 radical (unpaired) electrons. The van der Waals surface area contributed by atoms with Gasteiger partial charge in [-0.2, -0.15) is 0 Å². The standard InChI is InChI=1S/C14H19N3O4/c1-16(2)14(18)10-5-6-12(13(8-10)17(19)20)15-9-11-4-3-7-21-11/h5-6,8,11,15H,3-4,7,9H2,1-2H3. The van der Waals surface area contributed by atoms with Gasteiger partial charge in [0.25, 0.3) is 11.6 Å². The molecular formula is C14H19N3O4. The summed E-state index contributed by atoms with van der Waals surface area (Å²) in [5.74, 6) is -0.260. The van der Waals surface area contributed by atoms with Crippen molar-refractivity contribution in [3.8, 4) is 0 Å². The predicted octanol–water partition coefficient (Wildman–Crippen LogP) is 1.89. The Kier molecular flexibility index (Phi) is 4.74. The molecule has 21 heavy (non-hydrogen) atoms. The maximum absolute atomic E-state index is 11.9. The van der Waals surface area contributed by atoms with Crippen molar-refractivity contribution in [3.05, 3.63) is 33.9 Å². The van der Waals surface area contributed by atoms with Crippen LogP contribution < -0.4 is 5.32 Å². The van der Waals surface area contributed by atoms with E-state index in [0.717, 1.165) is 19.4 Å². The first-order valence-electron chi connectivity index (χ1n) is 6.84. The highest BCUT2D eigenvalue weighted by Gasteiger charge is 2.20. The molecule has 1 fully saturated rings. The Morgan fingerprint density at radius 2 is 2.29 bits per heavy atom. The van der Waals surface area contributed by atoms with Crippen LogP contribution in [0.5, 0.6) is 0 Å². The van der Waals surface area contributed by atoms with Gasteiger partial charge in [-0.25, -0.2) is 0 Å². The van der Waals surface area contributed by atoms with E-state index < -0.39 is 4.92 Å². The van der Waals surface area contributed by atoms with E-state index in [1.807, 2.05) is 0 Å². The molecule has 1 unspecified atom stereocenters. The van der Waals surface area contributed by atoms with Gasteiger partial charge in [0.1, 0.15) is 5.69 Å². The van der Waals surface area contributed by atoms with E-state index in [4.69, 9.17) is 4.74 Å². The van der Waals surface area contributed by atoms with Gasteiger partial charge in [-0.3, -0.25) is 14.9 Å². The summed E-state index contributed by atoms with van der Waals surface area (Å²) in [7, 11) is 3.22. The molecule has 0 aliphatic carbocycles. The number of hydrogen-bond acceptors (Lipinski definition) is 5. The number of carbonyl (C=O) groups excluding carboxylic acids is 1. The number of hydrogen-bond donors (Lipinski definition) is 1. The van der Waals surface area contributed by atoms with Gasteiger partial charge in [0.2, 0.25) is 0 Å². The van der Waals surface area contributed by atoms with E-state index in [0.29, 0.717) is 17.8 Å². The van der Waals surface area contributed by atoms with Crippen LogP contribution in [0.1, 0.15) is 23.2 Å². The molecule has 114 valence electrons. The zero-order valence-corrected chi connectivity index (χ0v) is 12.2. The second kappa shape index (κ2) is 6.53. The summed E-state index contributed by atoms with van der Waals surface area (Å²) in [4.78, 5) is 23.9. The molecule has 1 aliphatic rings. The second-order valence-corrected chi connectivity index (χ2v) is 5.20. The third-order valence-corrected chi connectivity index (χ3v) is 3.39. The fraction of sp³-hybridized carbons (Fsp3) is 0.500. The van der Waals surface area contributed by atoms with Crippen LogP contribution in [-0.2, 0) is 4.74 Å². The quantitative estimate of drug-likeness (QED) is 0.662. The van der Waals surface area contributed by atoms with E-state index in [1.165, 1.54) is 11.0 Å². The van der Waals surface area contributed by atoms with Crippen LogP contribution in [-0.4, -0.2) is 49.1 Å². The highest BCUT2D eigenvalue weighted by atomic mass is 16.6. The van der Waals surface area contributed by atoms with Crippen molar-refractivity contribution in [2.75, 3.05) is 32.6 Å². The highest BCUT2D eigenvalue weighted by Crippen LogP contribution is 2.26. The summed E-state index contributed by atoms with van der Waals surface area (Å²) in [5.41, 5.74) is 0.612. The van der Waals surface area contributed by atoms with Crippen molar-refractivity contribution in [1.82, 2.24) is 4.90 Å². The second-order valence-electron chi connectivity index (χ2n) is 5.20. The molecule has 1 N–H and O–H groups in total. The van der Waals surface area contributed by atoms with E-state index in [9.17, 15) is 14.9 Å². The SMILES string of the molecule is CN(C)C(=O)c1ccc(NCC2CCCO2)c([N+](=O)[O-])c1. The fourth-order valence-corrected chi connectivity index (χ4v) is 2.25. The van der Waals surface area contributed by atoms with Gasteiger partial charge in [-0.15, -0.1) is 0 Å². The normalized spacial score (nSPS) is 17.5. The molecule has 1 aromatic rings. The van der Waals surface area contributed by atoms with Crippen LogP contribution in [0.15, 0.2) is 18.2 Å². The average molecular weight is 293 g/mol. The van der Waals surface area contributed by atoms with Crippen molar-refractivity contribution in [1.29, 1.82) is 0 Å². The maximum Gasteiger partial charge on any atom is 0.293 e. The minimum atomic E-state index is -0.482. The van der Waals surface area contributed by atoms with Gasteiger partial charge in [0.15, 0.2) is 0 Å². The Morgan fingerprint density at radius 3 is 2.86 bits per heavy atom. The maximum atomic E-state index is 11.9. The summed E-state index contributed by atoms with van der Waals surface area (Å²) in [6.07, 6.45) is 2.07. The lowest BCUT2D eigenvalue weighted by Gasteiger charge is -2.14. The molecule has 1 heterocycles. The first-order valence-corrected chi connectivity index (χ1v) is 6.84. The number of amides is 1. The number of benzene rings is 1. The highest BCUT2D eigenvalue weighted by molar-refractivity contribution is 5.95. The van der Waals surface area contributed by atoms with Gasteiger partial charge in [0, 0.05) is 38.9 Å². The van der Waals surface area contributed by atoms with Crippen LogP contribution in [0.3, 0.4) is 0 Å². The van der Waals surface area contributed by atoms with Crippen LogP contribution in [0.4, 0.5) is 11.4 Å². The van der Waals surface area contributed by atoms with Gasteiger partial charge in [-0.05, 0) is 25.0 Å². The number of nitro groups is 1. The molecule has 2 rings (SSSR count). The van der Waals surface area contributed by atoms with Crippen molar-refractivity contribution in [2.24, 2.45) is 0 Å². The number of nitrogens with one attached hydrogen (secondary N) is 1. The monoisotopic (exact) mass is 293 g/mol. The Labute approximate surface area is 123 Å². The van der Waals surface area contributed by atoms with Gasteiger partial charge in [0.05, 0.1) is 11.0 Å². The zero-order chi connectivity index (χ0) is 15.4. The fourth-order valence-electron chi connectivity index (χ4n) is 2.25. The molecule has 1 amide bonds. The van der Waals surface area contributed by atoms with Gasteiger partial charge >= 0.3 is 0 Å². The molecule has 0 aromatic heterocycles. The molecule has 7 nitrogen and oxygen atoms in total. The first-order chi connectivity index (χ1) is 9.99. The molecule has 0 bridgehead atoms. The largest absolute Gasteiger partial charge is 0.377 e. The minimum absolute atomic E-state index is 0.0905. The number of rotatable bonds is 5. The van der Waals surface area contributed by atoms with Crippen molar-refractivity contribution >= 4 is 17.3 Å². The van der Waals surface area contributed by atoms with Crippen molar-refractivity contribution in [3.63, 3.8) is 0 Å². The lowest BCUT2D eigenvalue weighted by molar-refractivity contribution is -0.384. The number of nitrogens with zero attached hydrogens (tertiary/aromatic N) is 2. The van der Waals surface area contributed by atoms with E-state index >= 15 is 0 Å². The number of anilines is 1. The summed E-state index contributed by atoms with van der Waals surface area (Å²) in [6, 6.07) is 4.47. The predicted molar refractivity (Wildman–Crippen MR) is 78.6 cm³/mol. The van der Waals surface area contributed by atoms with Crippen LogP contribution in [0, 0.1) is 10.1 Å². The Balaban J connectivity index is 2.16. The number of ether oxygens (including phenoxy) is 1. The molecule has 1 aromatic carbocycles. The van der Waals surface area contributed by atoms with Crippen molar-refractivity contribution < 1.29 is 14.5 Å². The van der Waals surface area contributed by atoms with Crippen LogP contribution in [0.2, 0.25) is 0 Å². The van der Waals surface area contributed by atoms with Crippen molar-refractivity contribution in [2.45, 2.75) is 18.9 Å². The Bertz CT molecular complexity index is 539. The number of carbonyl (C=O) groups is 1. The van der Waals surface area contributed by atoms with Crippen LogP contribution in [0.25, 0.3) is 0 Å². The molecule has 0 spiro atoms. The van der Waals surface area contributed by atoms with E-state index in [-0.39, 0.29) is 17.7 Å². The molecule has 7 heteroatoms. The third-order valence-electron chi connectivity index (χ3n) is 3.39. The first kappa shape index (κ1) is 15.2. The van der Waals surface area contributed by atoms with E-state index in [2.05, 4.69) is 5.32 Å². The molecule has 1 atom stereocenters. The summed E-state index contributed by atoms with van der Waals surface area (Å²) in [5, 5.41) is 14.2. The molecular weight excluding hydrogens is 274 g/mol. The molecule has 1 aliphatic heterocycles. The molecule has 0 saturated carbocycles. The minimum Gasteiger partial charge on any atom is -0.377 e. The van der Waals surface area contributed by atoms with Gasteiger partial charge < -0.3 is 15.0 Å². The summed E-state index contributed by atoms with van der Waals surface area (Å²) >= 11 is 0. The smallest absolute Gasteiger partial charge is 0.293 e. The Morgan fingerprint density at radius 1 is 1.52 bits per heavy atom. The zero-order valence-electron chi connectivity index (χ0n) is 12.2. The lowest BCUT2D eigenvalue weighted by atomic mass is 10.1. The van der Waals surface area contributed by atoms with E-state index in [1.54, 1.807) is 26.2 Å². The summed E-state index contributed by atoms with van der Waals surface area (Å²) in [6.45, 7) is 1.27. The molecule has 1 saturated heterocycles. The average Bonchev–Trinajstić information content (AvgIpc) is 2.97. The van der Waals surface area contributed by atoms with Gasteiger partial charge in [-0.1, -0.05) is 0 Å². The third kappa shape index (κ3) is 3.69. The topological polar surface area (TPSA) is 84.7 Å². The van der Waals surface area contributed by atoms with Crippen LogP contribution >= 0.6 is 0 Å². The Hall–Kier alpha value is -2.15. The lowest BCUT2D eigenvalue weighted by Crippen LogP contribution is -2.22.